The first-order valence-corrected chi connectivity index (χ1v) is 7.43. The van der Waals surface area contributed by atoms with Gasteiger partial charge in [-0.2, -0.15) is 0 Å². The molecule has 0 aliphatic carbocycles. The Balaban J connectivity index is 2.15. The molecule has 112 valence electrons. The maximum atomic E-state index is 12.6. The van der Waals surface area contributed by atoms with Crippen LogP contribution in [-0.4, -0.2) is 7.11 Å². The summed E-state index contributed by atoms with van der Waals surface area (Å²) in [5.74, 6) is 1.80. The third-order valence-corrected chi connectivity index (χ3v) is 3.93. The normalized spacial score (nSPS) is 10.7. The number of rotatable bonds is 3. The van der Waals surface area contributed by atoms with E-state index < -0.39 is 0 Å². The highest BCUT2D eigenvalue weighted by Gasteiger charge is 2.15. The van der Waals surface area contributed by atoms with Crippen LogP contribution >= 0.6 is 15.9 Å². The van der Waals surface area contributed by atoms with Gasteiger partial charge in [-0.15, -0.1) is 0 Å². The largest absolute Gasteiger partial charge is 0.497 e. The third kappa shape index (κ3) is 2.60. The van der Waals surface area contributed by atoms with Gasteiger partial charge in [0.15, 0.2) is 0 Å². The molecule has 0 amide bonds. The van der Waals surface area contributed by atoms with Gasteiger partial charge in [0.25, 0.3) is 0 Å². The molecule has 0 spiro atoms. The predicted octanol–water partition coefficient (Wildman–Crippen LogP) is 4.66. The average Bonchev–Trinajstić information content (AvgIpc) is 2.52. The van der Waals surface area contributed by atoms with Gasteiger partial charge in [0.2, 0.25) is 11.2 Å². The molecule has 0 unspecified atom stereocenters. The molecule has 1 heterocycles. The number of hydrogen-bond acceptors (Lipinski definition) is 4. The van der Waals surface area contributed by atoms with Gasteiger partial charge >= 0.3 is 0 Å². The quantitative estimate of drug-likeness (QED) is 0.681. The van der Waals surface area contributed by atoms with E-state index in [4.69, 9.17) is 13.9 Å². The molecule has 1 aromatic heterocycles. The molecule has 0 radical (unpaired) electrons. The molecule has 0 bridgehead atoms. The van der Waals surface area contributed by atoms with Crippen molar-refractivity contribution in [2.24, 2.45) is 0 Å². The van der Waals surface area contributed by atoms with E-state index >= 15 is 0 Å². The summed E-state index contributed by atoms with van der Waals surface area (Å²) in [6.07, 6.45) is 0. The fourth-order valence-corrected chi connectivity index (χ4v) is 2.52. The zero-order valence-electron chi connectivity index (χ0n) is 12.1. The summed E-state index contributed by atoms with van der Waals surface area (Å²) in [5.41, 5.74) is 0.262. The van der Waals surface area contributed by atoms with Crippen molar-refractivity contribution < 1.29 is 13.9 Å². The Kier molecular flexibility index (Phi) is 3.90. The summed E-state index contributed by atoms with van der Waals surface area (Å²) >= 11 is 3.40. The van der Waals surface area contributed by atoms with Crippen molar-refractivity contribution in [1.82, 2.24) is 0 Å². The van der Waals surface area contributed by atoms with Crippen LogP contribution in [0.4, 0.5) is 0 Å². The van der Waals surface area contributed by atoms with Crippen LogP contribution in [0, 0.1) is 6.92 Å². The first-order chi connectivity index (χ1) is 10.6. The summed E-state index contributed by atoms with van der Waals surface area (Å²) in [4.78, 5) is 12.6. The Morgan fingerprint density at radius 2 is 1.91 bits per heavy atom. The lowest BCUT2D eigenvalue weighted by Gasteiger charge is -2.10. The standard InChI is InChI=1S/C17H13BrO4/c1-10-17(22-14-6-4-3-5-13(14)18)16(19)12-8-7-11(20-2)9-15(12)21-10/h3-9H,1-2H3. The third-order valence-electron chi connectivity index (χ3n) is 3.27. The lowest BCUT2D eigenvalue weighted by molar-refractivity contribution is 0.412. The number of fused-ring (bicyclic) bond motifs is 1. The highest BCUT2D eigenvalue weighted by atomic mass is 79.9. The Labute approximate surface area is 135 Å². The van der Waals surface area contributed by atoms with Gasteiger partial charge in [0.05, 0.1) is 17.0 Å². The molecule has 22 heavy (non-hydrogen) atoms. The van der Waals surface area contributed by atoms with Crippen molar-refractivity contribution in [3.63, 3.8) is 0 Å². The van der Waals surface area contributed by atoms with E-state index in [2.05, 4.69) is 15.9 Å². The molecule has 4 nitrogen and oxygen atoms in total. The number of methoxy groups -OCH3 is 1. The highest BCUT2D eigenvalue weighted by molar-refractivity contribution is 9.10. The van der Waals surface area contributed by atoms with Crippen molar-refractivity contribution in [2.75, 3.05) is 7.11 Å². The lowest BCUT2D eigenvalue weighted by Crippen LogP contribution is -2.07. The van der Waals surface area contributed by atoms with Crippen LogP contribution in [0.5, 0.6) is 17.2 Å². The van der Waals surface area contributed by atoms with Gasteiger partial charge in [-0.1, -0.05) is 12.1 Å². The number of halogens is 1. The minimum atomic E-state index is -0.211. The number of benzene rings is 2. The van der Waals surface area contributed by atoms with Crippen LogP contribution in [0.15, 0.2) is 56.1 Å². The first-order valence-electron chi connectivity index (χ1n) is 6.64. The van der Waals surface area contributed by atoms with Crippen molar-refractivity contribution in [1.29, 1.82) is 0 Å². The zero-order chi connectivity index (χ0) is 15.7. The molecule has 0 aliphatic heterocycles. The molecule has 0 atom stereocenters. The Hall–Kier alpha value is -2.27. The van der Waals surface area contributed by atoms with E-state index in [0.717, 1.165) is 4.47 Å². The fourth-order valence-electron chi connectivity index (χ4n) is 2.15. The highest BCUT2D eigenvalue weighted by Crippen LogP contribution is 2.31. The number of aryl methyl sites for hydroxylation is 1. The second kappa shape index (κ2) is 5.85. The molecule has 0 N–H and O–H groups in total. The minimum absolute atomic E-state index is 0.185. The van der Waals surface area contributed by atoms with Crippen molar-refractivity contribution >= 4 is 26.9 Å². The zero-order valence-corrected chi connectivity index (χ0v) is 13.6. The molecule has 0 saturated carbocycles. The predicted molar refractivity (Wildman–Crippen MR) is 88.0 cm³/mol. The van der Waals surface area contributed by atoms with Crippen LogP contribution < -0.4 is 14.9 Å². The SMILES string of the molecule is COc1ccc2c(=O)c(Oc3ccccc3Br)c(C)oc2c1. The topological polar surface area (TPSA) is 48.7 Å². The molecular weight excluding hydrogens is 348 g/mol. The molecular formula is C17H13BrO4. The smallest absolute Gasteiger partial charge is 0.235 e. The number of para-hydroxylation sites is 1. The molecule has 3 aromatic rings. The van der Waals surface area contributed by atoms with Crippen LogP contribution in [0.2, 0.25) is 0 Å². The van der Waals surface area contributed by atoms with E-state index in [-0.39, 0.29) is 11.2 Å². The summed E-state index contributed by atoms with van der Waals surface area (Å²) in [7, 11) is 1.57. The van der Waals surface area contributed by atoms with Crippen molar-refractivity contribution in [3.05, 3.63) is 62.9 Å². The molecule has 3 rings (SSSR count). The van der Waals surface area contributed by atoms with Gasteiger partial charge < -0.3 is 13.9 Å². The van der Waals surface area contributed by atoms with Gasteiger partial charge in [0.1, 0.15) is 22.8 Å². The molecule has 2 aromatic carbocycles. The van der Waals surface area contributed by atoms with E-state index in [1.165, 1.54) is 0 Å². The Morgan fingerprint density at radius 3 is 2.64 bits per heavy atom. The summed E-state index contributed by atoms with van der Waals surface area (Å²) < 4.78 is 17.4. The van der Waals surface area contributed by atoms with E-state index in [9.17, 15) is 4.79 Å². The molecule has 0 fully saturated rings. The van der Waals surface area contributed by atoms with Crippen LogP contribution in [0.25, 0.3) is 11.0 Å². The first kappa shape index (κ1) is 14.7. The second-order valence-corrected chi connectivity index (χ2v) is 5.57. The van der Waals surface area contributed by atoms with E-state index in [1.54, 1.807) is 38.3 Å². The maximum Gasteiger partial charge on any atom is 0.235 e. The monoisotopic (exact) mass is 360 g/mol. The van der Waals surface area contributed by atoms with Crippen molar-refractivity contribution in [3.8, 4) is 17.2 Å². The summed E-state index contributed by atoms with van der Waals surface area (Å²) in [6.45, 7) is 1.70. The summed E-state index contributed by atoms with van der Waals surface area (Å²) in [6, 6.07) is 12.4. The Morgan fingerprint density at radius 1 is 1.14 bits per heavy atom. The van der Waals surface area contributed by atoms with E-state index in [1.807, 2.05) is 18.2 Å². The molecule has 0 aliphatic rings. The molecule has 0 saturated heterocycles. The van der Waals surface area contributed by atoms with Crippen molar-refractivity contribution in [2.45, 2.75) is 6.92 Å². The fraction of sp³-hybridized carbons (Fsp3) is 0.118. The van der Waals surface area contributed by atoms with Gasteiger partial charge in [0, 0.05) is 6.07 Å². The van der Waals surface area contributed by atoms with Crippen LogP contribution in [0.1, 0.15) is 5.76 Å². The minimum Gasteiger partial charge on any atom is -0.497 e. The van der Waals surface area contributed by atoms with Gasteiger partial charge in [-0.25, -0.2) is 0 Å². The Bertz CT molecular complexity index is 899. The average molecular weight is 361 g/mol. The summed E-state index contributed by atoms with van der Waals surface area (Å²) in [5, 5.41) is 0.452. The molecule has 5 heteroatoms. The van der Waals surface area contributed by atoms with Gasteiger partial charge in [-0.3, -0.25) is 4.79 Å². The number of hydrogen-bond donors (Lipinski definition) is 0. The lowest BCUT2D eigenvalue weighted by atomic mass is 10.2. The second-order valence-electron chi connectivity index (χ2n) is 4.71. The van der Waals surface area contributed by atoms with Crippen LogP contribution in [0.3, 0.4) is 0 Å². The van der Waals surface area contributed by atoms with E-state index in [0.29, 0.717) is 28.2 Å². The van der Waals surface area contributed by atoms with Gasteiger partial charge in [-0.05, 0) is 47.1 Å². The van der Waals surface area contributed by atoms with Crippen LogP contribution in [-0.2, 0) is 0 Å². The maximum absolute atomic E-state index is 12.6. The number of ether oxygens (including phenoxy) is 2.